The van der Waals surface area contributed by atoms with Crippen LogP contribution in [0.5, 0.6) is 0 Å². The second-order valence-corrected chi connectivity index (χ2v) is 8.83. The summed E-state index contributed by atoms with van der Waals surface area (Å²) in [6.07, 6.45) is 1.91. The fraction of sp³-hybridized carbons (Fsp3) is 0.381. The zero-order valence-electron chi connectivity index (χ0n) is 16.4. The Hall–Kier alpha value is -2.34. The molecular formula is C21H28N2O3S. The summed E-state index contributed by atoms with van der Waals surface area (Å²) in [7, 11) is -3.39. The summed E-state index contributed by atoms with van der Waals surface area (Å²) in [4.78, 5) is 12.3. The van der Waals surface area contributed by atoms with E-state index in [1.54, 1.807) is 24.3 Å². The molecular weight excluding hydrogens is 360 g/mol. The van der Waals surface area contributed by atoms with Gasteiger partial charge in [-0.2, -0.15) is 0 Å². The minimum atomic E-state index is -3.39. The van der Waals surface area contributed by atoms with E-state index in [0.717, 1.165) is 16.7 Å². The molecule has 0 spiro atoms. The third-order valence-corrected chi connectivity index (χ3v) is 5.68. The number of nitrogens with zero attached hydrogens (tertiary/aromatic N) is 1. The van der Waals surface area contributed by atoms with Crippen molar-refractivity contribution in [2.24, 2.45) is 0 Å². The van der Waals surface area contributed by atoms with Crippen molar-refractivity contribution in [2.75, 3.05) is 17.1 Å². The summed E-state index contributed by atoms with van der Waals surface area (Å²) in [5.74, 6) is -0.0788. The predicted molar refractivity (Wildman–Crippen MR) is 110 cm³/mol. The molecule has 0 heterocycles. The van der Waals surface area contributed by atoms with E-state index in [1.807, 2.05) is 26.8 Å². The second-order valence-electron chi connectivity index (χ2n) is 6.92. The van der Waals surface area contributed by atoms with E-state index < -0.39 is 10.0 Å². The lowest BCUT2D eigenvalue weighted by Crippen LogP contribution is -2.32. The van der Waals surface area contributed by atoms with Gasteiger partial charge in [-0.15, -0.1) is 0 Å². The Morgan fingerprint density at radius 3 is 2.41 bits per heavy atom. The standard InChI is InChI=1S/C21H28N2O3S/c1-16-12-13-17(2)20(15-16)18(3)22-21(24)11-8-14-23(27(4,25)26)19-9-6-5-7-10-19/h5-7,9-10,12-13,15,18H,8,11,14H2,1-4H3,(H,22,24)/t18-/m0/s1. The van der Waals surface area contributed by atoms with E-state index in [4.69, 9.17) is 0 Å². The Bertz CT molecular complexity index is 880. The smallest absolute Gasteiger partial charge is 0.232 e. The van der Waals surface area contributed by atoms with Gasteiger partial charge in [0, 0.05) is 13.0 Å². The average Bonchev–Trinajstić information content (AvgIpc) is 2.60. The highest BCUT2D eigenvalue weighted by atomic mass is 32.2. The van der Waals surface area contributed by atoms with E-state index in [9.17, 15) is 13.2 Å². The summed E-state index contributed by atoms with van der Waals surface area (Å²) in [5.41, 5.74) is 4.01. The van der Waals surface area contributed by atoms with Gasteiger partial charge >= 0.3 is 0 Å². The van der Waals surface area contributed by atoms with Gasteiger partial charge in [-0.05, 0) is 50.5 Å². The fourth-order valence-electron chi connectivity index (χ4n) is 3.08. The number of nitrogens with one attached hydrogen (secondary N) is 1. The molecule has 2 aromatic carbocycles. The third-order valence-electron chi connectivity index (χ3n) is 4.49. The molecule has 0 radical (unpaired) electrons. The lowest BCUT2D eigenvalue weighted by Gasteiger charge is -2.22. The molecule has 27 heavy (non-hydrogen) atoms. The first kappa shape index (κ1) is 21.0. The number of para-hydroxylation sites is 1. The maximum absolute atomic E-state index is 12.3. The van der Waals surface area contributed by atoms with Crippen LogP contribution in [-0.4, -0.2) is 27.1 Å². The van der Waals surface area contributed by atoms with Gasteiger partial charge in [-0.25, -0.2) is 8.42 Å². The van der Waals surface area contributed by atoms with Crippen LogP contribution in [0.2, 0.25) is 0 Å². The number of amides is 1. The van der Waals surface area contributed by atoms with Crippen LogP contribution in [-0.2, 0) is 14.8 Å². The van der Waals surface area contributed by atoms with Gasteiger partial charge in [0.1, 0.15) is 0 Å². The maximum atomic E-state index is 12.3. The van der Waals surface area contributed by atoms with Gasteiger partial charge in [0.25, 0.3) is 0 Å². The predicted octanol–water partition coefficient (Wildman–Crippen LogP) is 3.73. The van der Waals surface area contributed by atoms with Gasteiger partial charge in [-0.1, -0.05) is 42.0 Å². The highest BCUT2D eigenvalue weighted by Crippen LogP contribution is 2.20. The van der Waals surface area contributed by atoms with Crippen molar-refractivity contribution in [3.8, 4) is 0 Å². The molecule has 0 saturated heterocycles. The molecule has 2 rings (SSSR count). The number of carbonyl (C=O) groups excluding carboxylic acids is 1. The quantitative estimate of drug-likeness (QED) is 0.749. The first-order valence-electron chi connectivity index (χ1n) is 9.08. The van der Waals surface area contributed by atoms with Crippen molar-refractivity contribution < 1.29 is 13.2 Å². The van der Waals surface area contributed by atoms with Crippen LogP contribution in [0.3, 0.4) is 0 Å². The van der Waals surface area contributed by atoms with Gasteiger partial charge in [0.05, 0.1) is 18.0 Å². The molecule has 146 valence electrons. The van der Waals surface area contributed by atoms with E-state index in [-0.39, 0.29) is 24.9 Å². The molecule has 0 bridgehead atoms. The van der Waals surface area contributed by atoms with Gasteiger partial charge in [0.2, 0.25) is 15.9 Å². The van der Waals surface area contributed by atoms with Crippen LogP contribution in [0.1, 0.15) is 42.5 Å². The Morgan fingerprint density at radius 2 is 1.78 bits per heavy atom. The number of sulfonamides is 1. The molecule has 1 N–H and O–H groups in total. The monoisotopic (exact) mass is 388 g/mol. The molecule has 0 aliphatic heterocycles. The molecule has 6 heteroatoms. The molecule has 2 aromatic rings. The first-order valence-corrected chi connectivity index (χ1v) is 10.9. The normalized spacial score (nSPS) is 12.4. The number of benzene rings is 2. The minimum Gasteiger partial charge on any atom is -0.350 e. The lowest BCUT2D eigenvalue weighted by molar-refractivity contribution is -0.121. The first-order chi connectivity index (χ1) is 12.7. The topological polar surface area (TPSA) is 66.5 Å². The van der Waals surface area contributed by atoms with Gasteiger partial charge in [0.15, 0.2) is 0 Å². The van der Waals surface area contributed by atoms with E-state index >= 15 is 0 Å². The van der Waals surface area contributed by atoms with E-state index in [0.29, 0.717) is 12.1 Å². The van der Waals surface area contributed by atoms with Crippen molar-refractivity contribution >= 4 is 21.6 Å². The fourth-order valence-corrected chi connectivity index (χ4v) is 4.05. The van der Waals surface area contributed by atoms with Crippen LogP contribution in [0.4, 0.5) is 5.69 Å². The lowest BCUT2D eigenvalue weighted by atomic mass is 10.00. The number of hydrogen-bond acceptors (Lipinski definition) is 3. The molecule has 0 fully saturated rings. The molecule has 0 aromatic heterocycles. The molecule has 5 nitrogen and oxygen atoms in total. The Morgan fingerprint density at radius 1 is 1.11 bits per heavy atom. The maximum Gasteiger partial charge on any atom is 0.232 e. The van der Waals surface area contributed by atoms with Crippen LogP contribution >= 0.6 is 0 Å². The summed E-state index contributed by atoms with van der Waals surface area (Å²) < 4.78 is 25.5. The van der Waals surface area contributed by atoms with Crippen molar-refractivity contribution in [2.45, 2.75) is 39.7 Å². The van der Waals surface area contributed by atoms with Crippen LogP contribution in [0.15, 0.2) is 48.5 Å². The molecule has 0 aliphatic carbocycles. The molecule has 0 saturated carbocycles. The van der Waals surface area contributed by atoms with Crippen molar-refractivity contribution in [1.82, 2.24) is 5.32 Å². The highest BCUT2D eigenvalue weighted by Gasteiger charge is 2.18. The highest BCUT2D eigenvalue weighted by molar-refractivity contribution is 7.92. The summed E-state index contributed by atoms with van der Waals surface area (Å²) in [6, 6.07) is 15.0. The summed E-state index contributed by atoms with van der Waals surface area (Å²) in [5, 5.41) is 3.01. The second kappa shape index (κ2) is 9.04. The Balaban J connectivity index is 1.93. The number of hydrogen-bond donors (Lipinski definition) is 1. The van der Waals surface area contributed by atoms with Crippen LogP contribution < -0.4 is 9.62 Å². The number of aryl methyl sites for hydroxylation is 2. The van der Waals surface area contributed by atoms with Crippen LogP contribution in [0, 0.1) is 13.8 Å². The average molecular weight is 389 g/mol. The third kappa shape index (κ3) is 6.10. The number of rotatable bonds is 8. The molecule has 0 aliphatic rings. The zero-order valence-corrected chi connectivity index (χ0v) is 17.2. The summed E-state index contributed by atoms with van der Waals surface area (Å²) >= 11 is 0. The summed E-state index contributed by atoms with van der Waals surface area (Å²) in [6.45, 7) is 6.29. The van der Waals surface area contributed by atoms with E-state index in [2.05, 4.69) is 23.5 Å². The number of carbonyl (C=O) groups is 1. The van der Waals surface area contributed by atoms with Crippen molar-refractivity contribution in [1.29, 1.82) is 0 Å². The Labute approximate surface area is 162 Å². The van der Waals surface area contributed by atoms with Crippen molar-refractivity contribution in [3.05, 3.63) is 65.2 Å². The SMILES string of the molecule is Cc1ccc(C)c([C@H](C)NC(=O)CCCN(c2ccccc2)S(C)(=O)=O)c1. The molecule has 0 unspecified atom stereocenters. The van der Waals surface area contributed by atoms with Gasteiger partial charge < -0.3 is 5.32 Å². The number of anilines is 1. The van der Waals surface area contributed by atoms with Crippen molar-refractivity contribution in [3.63, 3.8) is 0 Å². The van der Waals surface area contributed by atoms with E-state index in [1.165, 1.54) is 10.6 Å². The largest absolute Gasteiger partial charge is 0.350 e. The molecule has 1 amide bonds. The zero-order chi connectivity index (χ0) is 20.0. The van der Waals surface area contributed by atoms with Gasteiger partial charge in [-0.3, -0.25) is 9.10 Å². The Kier molecular flexibility index (Phi) is 7.02. The molecule has 1 atom stereocenters. The van der Waals surface area contributed by atoms with Crippen LogP contribution in [0.25, 0.3) is 0 Å². The minimum absolute atomic E-state index is 0.0788.